The molecule has 0 unspecified atom stereocenters. The van der Waals surface area contributed by atoms with Crippen molar-refractivity contribution in [2.45, 2.75) is 13.5 Å². The first kappa shape index (κ1) is 16.8. The largest absolute Gasteiger partial charge is 0.463 e. The summed E-state index contributed by atoms with van der Waals surface area (Å²) in [5.74, 6) is -0.550. The van der Waals surface area contributed by atoms with Crippen molar-refractivity contribution in [3.63, 3.8) is 0 Å². The Morgan fingerprint density at radius 2 is 2.15 bits per heavy atom. The molecule has 2 aromatic heterocycles. The lowest BCUT2D eigenvalue weighted by molar-refractivity contribution is -0.138. The molecule has 0 aliphatic carbocycles. The number of hydrogen-bond acceptors (Lipinski definition) is 6. The molecule has 138 valence electrons. The van der Waals surface area contributed by atoms with Gasteiger partial charge in [-0.05, 0) is 19.1 Å². The third-order valence-electron chi connectivity index (χ3n) is 4.26. The van der Waals surface area contributed by atoms with E-state index in [1.165, 1.54) is 10.9 Å². The molecule has 0 saturated carbocycles. The Morgan fingerprint density at radius 3 is 2.96 bits per heavy atom. The average molecular weight is 368 g/mol. The maximum atomic E-state index is 12.8. The van der Waals surface area contributed by atoms with Crippen LogP contribution in [0.4, 0.5) is 4.79 Å². The van der Waals surface area contributed by atoms with E-state index >= 15 is 0 Å². The van der Waals surface area contributed by atoms with Gasteiger partial charge in [-0.25, -0.2) is 14.6 Å². The Balaban J connectivity index is 1.78. The van der Waals surface area contributed by atoms with E-state index in [2.05, 4.69) is 15.6 Å². The zero-order valence-corrected chi connectivity index (χ0v) is 14.4. The van der Waals surface area contributed by atoms with Gasteiger partial charge in [-0.1, -0.05) is 12.1 Å². The number of amides is 2. The standard InChI is InChI=1S/C18H16N4O5/c1-2-26-17(24)11-7-19-18(25)21-12(11)8-22-9-20-14-10-5-3-4-6-13(10)27-15(14)16(22)23/h3-6,9H,2,7-8H2,1H3,(H2,19,21,25). The van der Waals surface area contributed by atoms with Gasteiger partial charge in [-0.15, -0.1) is 0 Å². The van der Waals surface area contributed by atoms with E-state index < -0.39 is 17.6 Å². The molecule has 4 rings (SSSR count). The number of aromatic nitrogens is 2. The highest BCUT2D eigenvalue weighted by Gasteiger charge is 2.24. The maximum Gasteiger partial charge on any atom is 0.337 e. The molecule has 0 spiro atoms. The Hall–Kier alpha value is -3.62. The summed E-state index contributed by atoms with van der Waals surface area (Å²) < 4.78 is 11.9. The van der Waals surface area contributed by atoms with E-state index in [-0.39, 0.29) is 36.5 Å². The minimum Gasteiger partial charge on any atom is -0.463 e. The highest BCUT2D eigenvalue weighted by atomic mass is 16.5. The predicted molar refractivity (Wildman–Crippen MR) is 96.0 cm³/mol. The molecule has 27 heavy (non-hydrogen) atoms. The number of rotatable bonds is 4. The molecule has 0 radical (unpaired) electrons. The number of carbonyl (C=O) groups excluding carboxylic acids is 2. The van der Waals surface area contributed by atoms with Crippen LogP contribution >= 0.6 is 0 Å². The van der Waals surface area contributed by atoms with Crippen LogP contribution in [0.5, 0.6) is 0 Å². The molecule has 3 aromatic rings. The van der Waals surface area contributed by atoms with Crippen LogP contribution in [0.3, 0.4) is 0 Å². The van der Waals surface area contributed by atoms with Crippen molar-refractivity contribution in [1.29, 1.82) is 0 Å². The molecule has 0 bridgehead atoms. The first-order chi connectivity index (χ1) is 13.1. The number of hydrogen-bond donors (Lipinski definition) is 2. The van der Waals surface area contributed by atoms with Gasteiger partial charge in [0.15, 0.2) is 0 Å². The Morgan fingerprint density at radius 1 is 1.33 bits per heavy atom. The number of fused-ring (bicyclic) bond motifs is 3. The van der Waals surface area contributed by atoms with Crippen LogP contribution < -0.4 is 16.2 Å². The zero-order chi connectivity index (χ0) is 19.0. The van der Waals surface area contributed by atoms with Crippen molar-refractivity contribution in [2.24, 2.45) is 0 Å². The van der Waals surface area contributed by atoms with Gasteiger partial charge in [0.2, 0.25) is 5.58 Å². The summed E-state index contributed by atoms with van der Waals surface area (Å²) in [6.07, 6.45) is 1.37. The van der Waals surface area contributed by atoms with Crippen LogP contribution in [0.15, 0.2) is 51.1 Å². The Labute approximate surface area is 152 Å². The van der Waals surface area contributed by atoms with Crippen LogP contribution in [0.25, 0.3) is 22.1 Å². The van der Waals surface area contributed by atoms with Gasteiger partial charge in [-0.3, -0.25) is 9.36 Å². The number of urea groups is 1. The maximum absolute atomic E-state index is 12.8. The van der Waals surface area contributed by atoms with Crippen molar-refractivity contribution in [3.05, 3.63) is 52.2 Å². The van der Waals surface area contributed by atoms with E-state index in [1.54, 1.807) is 13.0 Å². The van der Waals surface area contributed by atoms with Crippen molar-refractivity contribution in [2.75, 3.05) is 13.2 Å². The molecule has 1 aliphatic heterocycles. The van der Waals surface area contributed by atoms with Gasteiger partial charge in [0.25, 0.3) is 5.56 Å². The summed E-state index contributed by atoms with van der Waals surface area (Å²) in [7, 11) is 0. The fourth-order valence-electron chi connectivity index (χ4n) is 2.98. The zero-order valence-electron chi connectivity index (χ0n) is 14.4. The van der Waals surface area contributed by atoms with E-state index in [0.29, 0.717) is 11.1 Å². The van der Waals surface area contributed by atoms with Gasteiger partial charge < -0.3 is 19.8 Å². The number of carbonyl (C=O) groups is 2. The van der Waals surface area contributed by atoms with E-state index in [9.17, 15) is 14.4 Å². The lowest BCUT2D eigenvalue weighted by atomic mass is 10.1. The van der Waals surface area contributed by atoms with Crippen LogP contribution in [-0.2, 0) is 16.1 Å². The number of esters is 1. The monoisotopic (exact) mass is 368 g/mol. The average Bonchev–Trinajstić information content (AvgIpc) is 3.04. The highest BCUT2D eigenvalue weighted by molar-refractivity contribution is 6.01. The number of benzene rings is 1. The van der Waals surface area contributed by atoms with Gasteiger partial charge in [0, 0.05) is 5.39 Å². The van der Waals surface area contributed by atoms with E-state index in [0.717, 1.165) is 5.39 Å². The first-order valence-corrected chi connectivity index (χ1v) is 8.39. The SMILES string of the molecule is CCOC(=O)C1=C(Cn2cnc3c(oc4ccccc43)c2=O)NC(=O)NC1. The van der Waals surface area contributed by atoms with Crippen LogP contribution in [0.2, 0.25) is 0 Å². The smallest absolute Gasteiger partial charge is 0.337 e. The number of ether oxygens (including phenoxy) is 1. The van der Waals surface area contributed by atoms with Gasteiger partial charge in [0.05, 0.1) is 37.3 Å². The molecule has 0 fully saturated rings. The molecule has 0 atom stereocenters. The topological polar surface area (TPSA) is 115 Å². The molecule has 0 saturated heterocycles. The second-order valence-electron chi connectivity index (χ2n) is 5.94. The van der Waals surface area contributed by atoms with Crippen molar-refractivity contribution < 1.29 is 18.7 Å². The molecular formula is C18H16N4O5. The van der Waals surface area contributed by atoms with Gasteiger partial charge >= 0.3 is 12.0 Å². The fourth-order valence-corrected chi connectivity index (χ4v) is 2.98. The number of nitrogens with one attached hydrogen (secondary N) is 2. The second-order valence-corrected chi connectivity index (χ2v) is 5.94. The quantitative estimate of drug-likeness (QED) is 0.670. The summed E-state index contributed by atoms with van der Waals surface area (Å²) >= 11 is 0. The molecule has 2 amide bonds. The fraction of sp³-hybridized carbons (Fsp3) is 0.222. The molecule has 2 N–H and O–H groups in total. The van der Waals surface area contributed by atoms with Crippen molar-refractivity contribution in [3.8, 4) is 0 Å². The minimum atomic E-state index is -0.550. The molecular weight excluding hydrogens is 352 g/mol. The molecule has 1 aromatic carbocycles. The summed E-state index contributed by atoms with van der Waals surface area (Å²) in [6, 6.07) is 6.78. The Bertz CT molecular complexity index is 1160. The highest BCUT2D eigenvalue weighted by Crippen LogP contribution is 2.24. The van der Waals surface area contributed by atoms with Crippen molar-refractivity contribution >= 4 is 34.1 Å². The van der Waals surface area contributed by atoms with Crippen LogP contribution in [0, 0.1) is 0 Å². The summed E-state index contributed by atoms with van der Waals surface area (Å²) in [4.78, 5) is 40.9. The molecule has 3 heterocycles. The van der Waals surface area contributed by atoms with Crippen LogP contribution in [0.1, 0.15) is 6.92 Å². The molecule has 9 nitrogen and oxygen atoms in total. The lowest BCUT2D eigenvalue weighted by Gasteiger charge is -2.21. The lowest BCUT2D eigenvalue weighted by Crippen LogP contribution is -2.45. The second kappa shape index (κ2) is 6.60. The minimum absolute atomic E-state index is 0.0229. The third-order valence-corrected chi connectivity index (χ3v) is 4.26. The predicted octanol–water partition coefficient (Wildman–Crippen LogP) is 1.27. The molecule has 9 heteroatoms. The summed E-state index contributed by atoms with van der Waals surface area (Å²) in [5, 5.41) is 5.83. The number of furan rings is 1. The van der Waals surface area contributed by atoms with Crippen LogP contribution in [-0.4, -0.2) is 34.7 Å². The van der Waals surface area contributed by atoms with Crippen molar-refractivity contribution in [1.82, 2.24) is 20.2 Å². The van der Waals surface area contributed by atoms with Gasteiger partial charge in [-0.2, -0.15) is 0 Å². The summed E-state index contributed by atoms with van der Waals surface area (Å²) in [6.45, 7) is 1.88. The van der Waals surface area contributed by atoms with E-state index in [1.807, 2.05) is 18.2 Å². The third kappa shape index (κ3) is 2.92. The van der Waals surface area contributed by atoms with E-state index in [4.69, 9.17) is 9.15 Å². The van der Waals surface area contributed by atoms with Gasteiger partial charge in [0.1, 0.15) is 11.1 Å². The number of para-hydroxylation sites is 1. The summed E-state index contributed by atoms with van der Waals surface area (Å²) in [5.41, 5.74) is 1.30. The number of nitrogens with zero attached hydrogens (tertiary/aromatic N) is 2. The molecule has 1 aliphatic rings. The first-order valence-electron chi connectivity index (χ1n) is 8.39. The number of allylic oxidation sites excluding steroid dienone is 1. The normalized spacial score (nSPS) is 14.3. The Kier molecular flexibility index (Phi) is 4.11.